The zero-order valence-electron chi connectivity index (χ0n) is 17.9. The summed E-state index contributed by atoms with van der Waals surface area (Å²) in [4.78, 5) is 12.1. The van der Waals surface area contributed by atoms with Crippen LogP contribution in [-0.2, 0) is 16.0 Å². The highest BCUT2D eigenvalue weighted by Crippen LogP contribution is 2.34. The third-order valence-electron chi connectivity index (χ3n) is 5.06. The first-order chi connectivity index (χ1) is 16.0. The Bertz CT molecular complexity index is 1120. The average Bonchev–Trinajstić information content (AvgIpc) is 3.48. The largest absolute Gasteiger partial charge is 0.493 e. The van der Waals surface area contributed by atoms with E-state index in [4.69, 9.17) is 42.1 Å². The second-order valence-electron chi connectivity index (χ2n) is 7.30. The molecule has 2 heterocycles. The van der Waals surface area contributed by atoms with Crippen LogP contribution in [0.2, 0.25) is 10.0 Å². The van der Waals surface area contributed by atoms with Gasteiger partial charge in [-0.15, -0.1) is 0 Å². The van der Waals surface area contributed by atoms with Gasteiger partial charge in [-0.05, 0) is 42.5 Å². The minimum atomic E-state index is -0.596. The van der Waals surface area contributed by atoms with Gasteiger partial charge in [0, 0.05) is 23.9 Å². The fourth-order valence-corrected chi connectivity index (χ4v) is 3.72. The smallest absolute Gasteiger partial charge is 0.411 e. The number of carbonyl (C=O) groups is 1. The molecule has 1 aromatic heterocycles. The number of hydrogen-bond donors (Lipinski definition) is 1. The van der Waals surface area contributed by atoms with Gasteiger partial charge in [-0.3, -0.25) is 10.00 Å². The molecule has 33 heavy (non-hydrogen) atoms. The lowest BCUT2D eigenvalue weighted by molar-refractivity contribution is 0.138. The third-order valence-corrected chi connectivity index (χ3v) is 5.80. The highest BCUT2D eigenvalue weighted by molar-refractivity contribution is 6.42. The maximum Gasteiger partial charge on any atom is 0.411 e. The molecule has 1 amide bonds. The van der Waals surface area contributed by atoms with Crippen molar-refractivity contribution in [3.8, 4) is 22.8 Å². The van der Waals surface area contributed by atoms with Gasteiger partial charge in [-0.1, -0.05) is 23.2 Å². The summed E-state index contributed by atoms with van der Waals surface area (Å²) in [5.41, 5.74) is 2.26. The molecule has 1 atom stereocenters. The molecule has 0 spiro atoms. The van der Waals surface area contributed by atoms with Gasteiger partial charge >= 0.3 is 6.09 Å². The zero-order chi connectivity index (χ0) is 23.2. The summed E-state index contributed by atoms with van der Waals surface area (Å²) in [7, 11) is 1.61. The molecule has 0 saturated carbocycles. The van der Waals surface area contributed by atoms with E-state index in [9.17, 15) is 4.79 Å². The molecule has 1 unspecified atom stereocenters. The molecular formula is C23H23Cl2N3O5. The Morgan fingerprint density at radius 3 is 2.82 bits per heavy atom. The molecule has 4 rings (SSSR count). The van der Waals surface area contributed by atoms with Gasteiger partial charge in [0.05, 0.1) is 42.6 Å². The van der Waals surface area contributed by atoms with E-state index in [0.29, 0.717) is 47.0 Å². The number of ether oxygens (including phenoxy) is 4. The lowest BCUT2D eigenvalue weighted by Gasteiger charge is -2.16. The van der Waals surface area contributed by atoms with Gasteiger partial charge in [0.1, 0.15) is 12.7 Å². The van der Waals surface area contributed by atoms with Crippen molar-refractivity contribution in [1.82, 2.24) is 9.78 Å². The predicted molar refractivity (Wildman–Crippen MR) is 125 cm³/mol. The molecule has 0 radical (unpaired) electrons. The fourth-order valence-electron chi connectivity index (χ4n) is 3.42. The molecule has 1 N–H and O–H groups in total. The van der Waals surface area contributed by atoms with E-state index in [2.05, 4.69) is 10.4 Å². The van der Waals surface area contributed by atoms with Gasteiger partial charge in [-0.25, -0.2) is 4.79 Å². The first-order valence-corrected chi connectivity index (χ1v) is 11.1. The summed E-state index contributed by atoms with van der Waals surface area (Å²) < 4.78 is 24.0. The van der Waals surface area contributed by atoms with Crippen molar-refractivity contribution in [2.24, 2.45) is 0 Å². The van der Waals surface area contributed by atoms with E-state index in [1.807, 2.05) is 24.3 Å². The van der Waals surface area contributed by atoms with Gasteiger partial charge in [0.25, 0.3) is 0 Å². The Hall–Kier alpha value is -2.94. The number of hydrogen-bond acceptors (Lipinski definition) is 6. The van der Waals surface area contributed by atoms with E-state index >= 15 is 0 Å². The summed E-state index contributed by atoms with van der Waals surface area (Å²) in [6.45, 7) is 1.75. The maximum absolute atomic E-state index is 12.1. The van der Waals surface area contributed by atoms with E-state index < -0.39 is 6.09 Å². The topological polar surface area (TPSA) is 83.8 Å². The van der Waals surface area contributed by atoms with Crippen molar-refractivity contribution in [3.63, 3.8) is 0 Å². The number of methoxy groups -OCH3 is 1. The van der Waals surface area contributed by atoms with Gasteiger partial charge < -0.3 is 18.9 Å². The molecule has 8 nitrogen and oxygen atoms in total. The number of benzene rings is 2. The number of rotatable bonds is 8. The molecule has 174 valence electrons. The van der Waals surface area contributed by atoms with Crippen LogP contribution in [-0.4, -0.2) is 48.9 Å². The number of carbonyl (C=O) groups excluding carboxylic acids is 1. The first kappa shape index (κ1) is 23.2. The van der Waals surface area contributed by atoms with E-state index in [1.165, 1.54) is 0 Å². The number of halogens is 2. The molecule has 10 heteroatoms. The van der Waals surface area contributed by atoms with Crippen molar-refractivity contribution < 1.29 is 23.7 Å². The minimum Gasteiger partial charge on any atom is -0.493 e. The fraction of sp³-hybridized carbons (Fsp3) is 0.304. The highest BCUT2D eigenvalue weighted by atomic mass is 35.5. The first-order valence-electron chi connectivity index (χ1n) is 10.4. The highest BCUT2D eigenvalue weighted by Gasteiger charge is 2.20. The van der Waals surface area contributed by atoms with E-state index in [-0.39, 0.29) is 12.7 Å². The normalized spacial score (nSPS) is 15.3. The lowest BCUT2D eigenvalue weighted by Crippen LogP contribution is -2.18. The van der Waals surface area contributed by atoms with Crippen LogP contribution in [0.25, 0.3) is 11.3 Å². The Morgan fingerprint density at radius 2 is 2.06 bits per heavy atom. The zero-order valence-corrected chi connectivity index (χ0v) is 19.4. The van der Waals surface area contributed by atoms with E-state index in [1.54, 1.807) is 36.2 Å². The van der Waals surface area contributed by atoms with Crippen molar-refractivity contribution >= 4 is 35.0 Å². The van der Waals surface area contributed by atoms with Crippen LogP contribution in [0, 0.1) is 0 Å². The van der Waals surface area contributed by atoms with Crippen LogP contribution in [0.1, 0.15) is 6.42 Å². The molecule has 0 bridgehead atoms. The van der Waals surface area contributed by atoms with Gasteiger partial charge in [-0.2, -0.15) is 5.10 Å². The van der Waals surface area contributed by atoms with Crippen molar-refractivity contribution in [2.45, 2.75) is 19.1 Å². The standard InChI is InChI=1S/C23H23Cl2N3O5/c1-30-21-5-2-15(12-22(21)33-17-7-10-31-14-17)20-6-8-26-28(20)9-11-32-23(29)27-16-3-4-18(24)19(25)13-16/h2-6,8,12-13,17H,7,9-11,14H2,1H3,(H,27,29). The van der Waals surface area contributed by atoms with E-state index in [0.717, 1.165) is 17.7 Å². The molecule has 2 aromatic carbocycles. The summed E-state index contributed by atoms with van der Waals surface area (Å²) >= 11 is 11.8. The number of anilines is 1. The SMILES string of the molecule is COc1ccc(-c2ccnn2CCOC(=O)Nc2ccc(Cl)c(Cl)c2)cc1OC1CCOC1. The third kappa shape index (κ3) is 5.90. The number of aromatic nitrogens is 2. The Balaban J connectivity index is 1.38. The molecule has 1 aliphatic rings. The molecule has 3 aromatic rings. The lowest BCUT2D eigenvalue weighted by atomic mass is 10.1. The van der Waals surface area contributed by atoms with Crippen LogP contribution >= 0.6 is 23.2 Å². The second kappa shape index (κ2) is 10.8. The van der Waals surface area contributed by atoms with Gasteiger partial charge in [0.15, 0.2) is 11.5 Å². The number of nitrogens with zero attached hydrogens (tertiary/aromatic N) is 2. The molecule has 1 saturated heterocycles. The van der Waals surface area contributed by atoms with Crippen LogP contribution in [0.15, 0.2) is 48.7 Å². The van der Waals surface area contributed by atoms with Crippen LogP contribution in [0.4, 0.5) is 10.5 Å². The average molecular weight is 492 g/mol. The molecule has 1 aliphatic heterocycles. The molecule has 0 aliphatic carbocycles. The summed E-state index contributed by atoms with van der Waals surface area (Å²) in [5, 5.41) is 7.72. The summed E-state index contributed by atoms with van der Waals surface area (Å²) in [5.74, 6) is 1.30. The monoisotopic (exact) mass is 491 g/mol. The molecular weight excluding hydrogens is 469 g/mol. The Morgan fingerprint density at radius 1 is 1.18 bits per heavy atom. The predicted octanol–water partition coefficient (Wildman–Crippen LogP) is 5.28. The second-order valence-corrected chi connectivity index (χ2v) is 8.11. The molecule has 1 fully saturated rings. The summed E-state index contributed by atoms with van der Waals surface area (Å²) in [6, 6.07) is 12.4. The summed E-state index contributed by atoms with van der Waals surface area (Å²) in [6.07, 6.45) is 1.94. The minimum absolute atomic E-state index is 0.00138. The maximum atomic E-state index is 12.1. The number of nitrogens with one attached hydrogen (secondary N) is 1. The quantitative estimate of drug-likeness (QED) is 0.461. The Kier molecular flexibility index (Phi) is 7.59. The Labute approximate surface area is 201 Å². The van der Waals surface area contributed by atoms with Gasteiger partial charge in [0.2, 0.25) is 0 Å². The van der Waals surface area contributed by atoms with Crippen molar-refractivity contribution in [3.05, 3.63) is 58.7 Å². The van der Waals surface area contributed by atoms with Crippen molar-refractivity contribution in [1.29, 1.82) is 0 Å². The number of amides is 1. The van der Waals surface area contributed by atoms with Crippen LogP contribution < -0.4 is 14.8 Å². The van der Waals surface area contributed by atoms with Crippen LogP contribution in [0.5, 0.6) is 11.5 Å². The van der Waals surface area contributed by atoms with Crippen molar-refractivity contribution in [2.75, 3.05) is 32.2 Å². The van der Waals surface area contributed by atoms with Crippen LogP contribution in [0.3, 0.4) is 0 Å².